The number of nitrogens with one attached hydrogen (secondary N) is 2. The van der Waals surface area contributed by atoms with Crippen molar-refractivity contribution in [3.05, 3.63) is 40.6 Å². The topological polar surface area (TPSA) is 95.6 Å². The van der Waals surface area contributed by atoms with E-state index in [-0.39, 0.29) is 29.5 Å². The first-order chi connectivity index (χ1) is 13.5. The molecule has 1 heterocycles. The summed E-state index contributed by atoms with van der Waals surface area (Å²) in [6, 6.07) is 5.19. The smallest absolute Gasteiger partial charge is 0.293 e. The Balaban J connectivity index is 1.90. The summed E-state index contributed by atoms with van der Waals surface area (Å²) in [6.07, 6.45) is 1.34. The minimum atomic E-state index is -0.752. The molecule has 2 rings (SSSR count). The van der Waals surface area contributed by atoms with Crippen molar-refractivity contribution >= 4 is 40.8 Å². The zero-order valence-electron chi connectivity index (χ0n) is 16.7. The van der Waals surface area contributed by atoms with Crippen LogP contribution >= 0.6 is 11.8 Å². The van der Waals surface area contributed by atoms with Gasteiger partial charge in [0.2, 0.25) is 11.8 Å². The van der Waals surface area contributed by atoms with Crippen molar-refractivity contribution in [2.24, 2.45) is 5.41 Å². The van der Waals surface area contributed by atoms with Gasteiger partial charge >= 0.3 is 0 Å². The van der Waals surface area contributed by atoms with E-state index in [0.29, 0.717) is 0 Å². The standard InChI is InChI=1S/C20H24FN3O4S/c1-12(23-18(27)20(2,3)4)16(25)22-9-10-24-17(26)15(29-19(24)28)11-13-7-5-6-8-14(13)21/h5-8,11-12H,9-10H2,1-4H3,(H,22,25)(H,23,27)/b15-11-/t12-/m0/s1. The van der Waals surface area contributed by atoms with Crippen LogP contribution in [-0.4, -0.2) is 47.0 Å². The number of benzene rings is 1. The van der Waals surface area contributed by atoms with Gasteiger partial charge < -0.3 is 10.6 Å². The molecule has 2 N–H and O–H groups in total. The summed E-state index contributed by atoms with van der Waals surface area (Å²) in [4.78, 5) is 49.7. The molecule has 1 aliphatic heterocycles. The Kier molecular flexibility index (Phi) is 7.18. The Labute approximate surface area is 173 Å². The van der Waals surface area contributed by atoms with Crippen molar-refractivity contribution in [1.29, 1.82) is 0 Å². The second-order valence-electron chi connectivity index (χ2n) is 7.59. The first-order valence-corrected chi connectivity index (χ1v) is 9.91. The molecular formula is C20H24FN3O4S. The van der Waals surface area contributed by atoms with Crippen molar-refractivity contribution in [2.45, 2.75) is 33.7 Å². The summed E-state index contributed by atoms with van der Waals surface area (Å²) >= 11 is 0.724. The lowest BCUT2D eigenvalue weighted by molar-refractivity contribution is -0.133. The monoisotopic (exact) mass is 421 g/mol. The quantitative estimate of drug-likeness (QED) is 0.689. The maximum atomic E-state index is 13.8. The number of thioether (sulfide) groups is 1. The number of imide groups is 1. The molecule has 0 radical (unpaired) electrons. The van der Waals surface area contributed by atoms with E-state index in [1.807, 2.05) is 0 Å². The molecule has 1 fully saturated rings. The number of carbonyl (C=O) groups is 4. The van der Waals surface area contributed by atoms with Gasteiger partial charge in [-0.15, -0.1) is 0 Å². The van der Waals surface area contributed by atoms with Gasteiger partial charge in [-0.3, -0.25) is 24.1 Å². The minimum Gasteiger partial charge on any atom is -0.353 e. The van der Waals surface area contributed by atoms with Crippen LogP contribution in [-0.2, 0) is 14.4 Å². The molecule has 0 unspecified atom stereocenters. The number of nitrogens with zero attached hydrogens (tertiary/aromatic N) is 1. The third-order valence-electron chi connectivity index (χ3n) is 4.12. The van der Waals surface area contributed by atoms with Gasteiger partial charge in [0.05, 0.1) is 4.91 Å². The highest BCUT2D eigenvalue weighted by Crippen LogP contribution is 2.32. The van der Waals surface area contributed by atoms with E-state index >= 15 is 0 Å². The summed E-state index contributed by atoms with van der Waals surface area (Å²) in [7, 11) is 0. The molecule has 1 atom stereocenters. The zero-order chi connectivity index (χ0) is 21.8. The molecule has 0 spiro atoms. The van der Waals surface area contributed by atoms with Crippen LogP contribution in [0.15, 0.2) is 29.2 Å². The molecule has 1 aromatic rings. The number of hydrogen-bond donors (Lipinski definition) is 2. The number of halogens is 1. The lowest BCUT2D eigenvalue weighted by Crippen LogP contribution is -2.49. The normalized spacial score (nSPS) is 16.9. The van der Waals surface area contributed by atoms with Crippen molar-refractivity contribution < 1.29 is 23.6 Å². The van der Waals surface area contributed by atoms with Gasteiger partial charge in [0, 0.05) is 24.1 Å². The van der Waals surface area contributed by atoms with Crippen molar-refractivity contribution in [3.63, 3.8) is 0 Å². The Bertz CT molecular complexity index is 864. The van der Waals surface area contributed by atoms with Crippen LogP contribution in [0.3, 0.4) is 0 Å². The molecule has 9 heteroatoms. The molecule has 1 aliphatic rings. The van der Waals surface area contributed by atoms with Gasteiger partial charge in [-0.05, 0) is 30.8 Å². The van der Waals surface area contributed by atoms with Crippen LogP contribution in [0.2, 0.25) is 0 Å². The van der Waals surface area contributed by atoms with Gasteiger partial charge in [0.25, 0.3) is 11.1 Å². The van der Waals surface area contributed by atoms with Crippen LogP contribution < -0.4 is 10.6 Å². The molecule has 1 aromatic carbocycles. The fourth-order valence-electron chi connectivity index (χ4n) is 2.35. The van der Waals surface area contributed by atoms with Crippen LogP contribution in [0.4, 0.5) is 9.18 Å². The van der Waals surface area contributed by atoms with E-state index < -0.39 is 34.3 Å². The highest BCUT2D eigenvalue weighted by Gasteiger charge is 2.35. The van der Waals surface area contributed by atoms with Crippen LogP contribution in [0, 0.1) is 11.2 Å². The first-order valence-electron chi connectivity index (χ1n) is 9.09. The van der Waals surface area contributed by atoms with E-state index in [4.69, 9.17) is 0 Å². The first kappa shape index (κ1) is 22.6. The minimum absolute atomic E-state index is 0.0229. The summed E-state index contributed by atoms with van der Waals surface area (Å²) < 4.78 is 13.8. The Morgan fingerprint density at radius 1 is 1.24 bits per heavy atom. The second kappa shape index (κ2) is 9.21. The fraction of sp³-hybridized carbons (Fsp3) is 0.400. The van der Waals surface area contributed by atoms with Gasteiger partial charge in [-0.2, -0.15) is 0 Å². The van der Waals surface area contributed by atoms with Crippen molar-refractivity contribution in [1.82, 2.24) is 15.5 Å². The lowest BCUT2D eigenvalue weighted by atomic mass is 9.95. The predicted octanol–water partition coefficient (Wildman–Crippen LogP) is 2.53. The molecule has 0 aliphatic carbocycles. The number of carbonyl (C=O) groups excluding carboxylic acids is 4. The van der Waals surface area contributed by atoms with Gasteiger partial charge in [0.1, 0.15) is 11.9 Å². The van der Waals surface area contributed by atoms with Gasteiger partial charge in [-0.25, -0.2) is 4.39 Å². The molecule has 0 bridgehead atoms. The molecule has 156 valence electrons. The number of rotatable bonds is 6. The fourth-order valence-corrected chi connectivity index (χ4v) is 3.20. The lowest BCUT2D eigenvalue weighted by Gasteiger charge is -2.21. The van der Waals surface area contributed by atoms with E-state index in [1.54, 1.807) is 33.8 Å². The molecule has 7 nitrogen and oxygen atoms in total. The Morgan fingerprint density at radius 2 is 1.90 bits per heavy atom. The average Bonchev–Trinajstić information content (AvgIpc) is 2.90. The van der Waals surface area contributed by atoms with E-state index in [2.05, 4.69) is 10.6 Å². The average molecular weight is 421 g/mol. The molecule has 1 saturated heterocycles. The molecular weight excluding hydrogens is 397 g/mol. The van der Waals surface area contributed by atoms with Crippen molar-refractivity contribution in [2.75, 3.05) is 13.1 Å². The van der Waals surface area contributed by atoms with E-state index in [0.717, 1.165) is 16.7 Å². The molecule has 4 amide bonds. The third kappa shape index (κ3) is 5.90. The summed E-state index contributed by atoms with van der Waals surface area (Å²) in [6.45, 7) is 6.78. The molecule has 29 heavy (non-hydrogen) atoms. The van der Waals surface area contributed by atoms with Crippen molar-refractivity contribution in [3.8, 4) is 0 Å². The van der Waals surface area contributed by atoms with Crippen LogP contribution in [0.5, 0.6) is 0 Å². The maximum Gasteiger partial charge on any atom is 0.293 e. The molecule has 0 saturated carbocycles. The summed E-state index contributed by atoms with van der Waals surface area (Å²) in [5.41, 5.74) is -0.407. The van der Waals surface area contributed by atoms with E-state index in [1.165, 1.54) is 24.3 Å². The van der Waals surface area contributed by atoms with E-state index in [9.17, 15) is 23.6 Å². The Morgan fingerprint density at radius 3 is 2.52 bits per heavy atom. The van der Waals surface area contributed by atoms with Gasteiger partial charge in [0.15, 0.2) is 0 Å². The van der Waals surface area contributed by atoms with Crippen LogP contribution in [0.25, 0.3) is 6.08 Å². The molecule has 0 aromatic heterocycles. The SMILES string of the molecule is C[C@H](NC(=O)C(C)(C)C)C(=O)NCCN1C(=O)S/C(=C\c2ccccc2F)C1=O. The highest BCUT2D eigenvalue weighted by molar-refractivity contribution is 8.18. The predicted molar refractivity (Wildman–Crippen MR) is 109 cm³/mol. The number of amides is 4. The maximum absolute atomic E-state index is 13.8. The summed E-state index contributed by atoms with van der Waals surface area (Å²) in [5, 5.41) is 4.72. The largest absolute Gasteiger partial charge is 0.353 e. The van der Waals surface area contributed by atoms with Crippen LogP contribution in [0.1, 0.15) is 33.3 Å². The number of hydrogen-bond acceptors (Lipinski definition) is 5. The zero-order valence-corrected chi connectivity index (χ0v) is 17.6. The van der Waals surface area contributed by atoms with Gasteiger partial charge in [-0.1, -0.05) is 39.0 Å². The second-order valence-corrected chi connectivity index (χ2v) is 8.58. The third-order valence-corrected chi connectivity index (χ3v) is 5.03. The highest BCUT2D eigenvalue weighted by atomic mass is 32.2. The Hall–Kier alpha value is -2.68. The summed E-state index contributed by atoms with van der Waals surface area (Å²) in [5.74, 6) is -1.70.